The standard InChI is InChI=1S/C22H22F3N5O4/c1-21(14-2-4-16-17(10-14)34-13-33-16)19(31)30(20(32)27-21)12-28-6-8-29(9-7-28)18-5-3-15(11-26-18)22(23,24)25/h2-5,10-11H,6-9,12-13H2,1H3,(H,27,32). The molecule has 0 saturated carbocycles. The van der Waals surface area contributed by atoms with Crippen molar-refractivity contribution in [1.82, 2.24) is 20.1 Å². The molecule has 9 nitrogen and oxygen atoms in total. The highest BCUT2D eigenvalue weighted by molar-refractivity contribution is 6.07. The highest BCUT2D eigenvalue weighted by Crippen LogP contribution is 2.38. The van der Waals surface area contributed by atoms with Gasteiger partial charge in [-0.25, -0.2) is 14.7 Å². The third-order valence-electron chi connectivity index (χ3n) is 6.34. The number of nitrogens with zero attached hydrogens (tertiary/aromatic N) is 4. The van der Waals surface area contributed by atoms with E-state index in [1.54, 1.807) is 25.1 Å². The van der Waals surface area contributed by atoms with Crippen molar-refractivity contribution in [3.8, 4) is 11.5 Å². The van der Waals surface area contributed by atoms with Crippen molar-refractivity contribution in [3.63, 3.8) is 0 Å². The Hall–Kier alpha value is -3.54. The lowest BCUT2D eigenvalue weighted by Gasteiger charge is -2.36. The maximum absolute atomic E-state index is 13.2. The Morgan fingerprint density at radius 3 is 2.47 bits per heavy atom. The first-order valence-corrected chi connectivity index (χ1v) is 10.7. The van der Waals surface area contributed by atoms with Gasteiger partial charge in [-0.3, -0.25) is 9.69 Å². The smallest absolute Gasteiger partial charge is 0.417 e. The number of aromatic nitrogens is 1. The number of piperazine rings is 1. The predicted molar refractivity (Wildman–Crippen MR) is 113 cm³/mol. The number of carbonyl (C=O) groups is 2. The van der Waals surface area contributed by atoms with Crippen molar-refractivity contribution in [2.24, 2.45) is 0 Å². The molecule has 0 radical (unpaired) electrons. The number of nitrogens with one attached hydrogen (secondary N) is 1. The SMILES string of the molecule is CC1(c2ccc3c(c2)OCO3)NC(=O)N(CN2CCN(c3ccc(C(F)(F)F)cn3)CC2)C1=O. The van der Waals surface area contributed by atoms with E-state index in [4.69, 9.17) is 9.47 Å². The lowest BCUT2D eigenvalue weighted by Crippen LogP contribution is -2.51. The summed E-state index contributed by atoms with van der Waals surface area (Å²) in [5.74, 6) is 1.19. The number of fused-ring (bicyclic) bond motifs is 1. The summed E-state index contributed by atoms with van der Waals surface area (Å²) in [5.41, 5.74) is -1.43. The first kappa shape index (κ1) is 22.3. The molecular formula is C22H22F3N5O4. The third-order valence-corrected chi connectivity index (χ3v) is 6.34. The summed E-state index contributed by atoms with van der Waals surface area (Å²) in [7, 11) is 0. The molecule has 5 rings (SSSR count). The van der Waals surface area contributed by atoms with E-state index in [1.165, 1.54) is 11.0 Å². The lowest BCUT2D eigenvalue weighted by molar-refractivity contribution is -0.137. The van der Waals surface area contributed by atoms with Gasteiger partial charge in [-0.05, 0) is 36.8 Å². The number of anilines is 1. The highest BCUT2D eigenvalue weighted by atomic mass is 19.4. The van der Waals surface area contributed by atoms with Crippen LogP contribution >= 0.6 is 0 Å². The van der Waals surface area contributed by atoms with Crippen LogP contribution in [0.15, 0.2) is 36.5 Å². The van der Waals surface area contributed by atoms with E-state index in [1.807, 2.05) is 9.80 Å². The highest BCUT2D eigenvalue weighted by Gasteiger charge is 2.49. The molecule has 3 amide bonds. The molecule has 180 valence electrons. The van der Waals surface area contributed by atoms with Gasteiger partial charge in [0.25, 0.3) is 5.91 Å². The monoisotopic (exact) mass is 477 g/mol. The number of pyridine rings is 1. The molecule has 1 unspecified atom stereocenters. The minimum Gasteiger partial charge on any atom is -0.454 e. The zero-order valence-corrected chi connectivity index (χ0v) is 18.3. The molecule has 3 aliphatic rings. The molecule has 0 aliphatic carbocycles. The largest absolute Gasteiger partial charge is 0.454 e. The number of halogens is 3. The molecule has 12 heteroatoms. The number of rotatable bonds is 4. The average molecular weight is 477 g/mol. The summed E-state index contributed by atoms with van der Waals surface area (Å²) < 4.78 is 49.0. The van der Waals surface area contributed by atoms with Crippen LogP contribution in [0.1, 0.15) is 18.1 Å². The molecule has 1 aromatic carbocycles. The van der Waals surface area contributed by atoms with Gasteiger partial charge in [0, 0.05) is 32.4 Å². The first-order valence-electron chi connectivity index (χ1n) is 10.7. The van der Waals surface area contributed by atoms with Crippen molar-refractivity contribution in [2.75, 3.05) is 44.5 Å². The summed E-state index contributed by atoms with van der Waals surface area (Å²) in [5, 5.41) is 2.78. The normalized spacial score (nSPS) is 22.9. The summed E-state index contributed by atoms with van der Waals surface area (Å²) in [6.07, 6.45) is -3.60. The lowest BCUT2D eigenvalue weighted by atomic mass is 9.92. The van der Waals surface area contributed by atoms with Gasteiger partial charge in [0.15, 0.2) is 11.5 Å². The molecule has 0 bridgehead atoms. The number of urea groups is 1. The van der Waals surface area contributed by atoms with Gasteiger partial charge in [0.05, 0.1) is 12.2 Å². The van der Waals surface area contributed by atoms with E-state index in [-0.39, 0.29) is 19.4 Å². The van der Waals surface area contributed by atoms with E-state index in [9.17, 15) is 22.8 Å². The minimum atomic E-state index is -4.43. The number of ether oxygens (including phenoxy) is 2. The number of hydrogen-bond acceptors (Lipinski definition) is 7. The Labute approximate surface area is 193 Å². The zero-order chi connectivity index (χ0) is 24.1. The summed E-state index contributed by atoms with van der Waals surface area (Å²) >= 11 is 0. The fourth-order valence-corrected chi connectivity index (χ4v) is 4.29. The van der Waals surface area contributed by atoms with Crippen molar-refractivity contribution >= 4 is 17.8 Å². The maximum atomic E-state index is 13.2. The summed E-state index contributed by atoms with van der Waals surface area (Å²) in [4.78, 5) is 34.9. The number of amides is 3. The van der Waals surface area contributed by atoms with Gasteiger partial charge < -0.3 is 19.7 Å². The van der Waals surface area contributed by atoms with Crippen molar-refractivity contribution < 1.29 is 32.2 Å². The molecule has 2 saturated heterocycles. The van der Waals surface area contributed by atoms with Gasteiger partial charge in [-0.2, -0.15) is 13.2 Å². The fraction of sp³-hybridized carbons (Fsp3) is 0.409. The first-order chi connectivity index (χ1) is 16.1. The van der Waals surface area contributed by atoms with Crippen molar-refractivity contribution in [1.29, 1.82) is 0 Å². The molecule has 0 spiro atoms. The van der Waals surface area contributed by atoms with Crippen LogP contribution < -0.4 is 19.7 Å². The van der Waals surface area contributed by atoms with Gasteiger partial charge >= 0.3 is 12.2 Å². The quantitative estimate of drug-likeness (QED) is 0.677. The van der Waals surface area contributed by atoms with Crippen LogP contribution in [0.5, 0.6) is 11.5 Å². The maximum Gasteiger partial charge on any atom is 0.417 e. The topological polar surface area (TPSA) is 87.2 Å². The van der Waals surface area contributed by atoms with Crippen LogP contribution in [0.4, 0.5) is 23.8 Å². The predicted octanol–water partition coefficient (Wildman–Crippen LogP) is 2.38. The summed E-state index contributed by atoms with van der Waals surface area (Å²) in [6, 6.07) is 7.01. The van der Waals surface area contributed by atoms with Crippen molar-refractivity contribution in [2.45, 2.75) is 18.6 Å². The van der Waals surface area contributed by atoms with Crippen LogP contribution in [0.25, 0.3) is 0 Å². The molecule has 1 aromatic heterocycles. The van der Waals surface area contributed by atoms with Gasteiger partial charge in [-0.1, -0.05) is 6.07 Å². The molecule has 3 aliphatic heterocycles. The van der Waals surface area contributed by atoms with E-state index in [0.29, 0.717) is 49.1 Å². The van der Waals surface area contributed by atoms with E-state index in [0.717, 1.165) is 12.3 Å². The average Bonchev–Trinajstić information content (AvgIpc) is 3.37. The summed E-state index contributed by atoms with van der Waals surface area (Å²) in [6.45, 7) is 3.90. The molecule has 1 atom stereocenters. The van der Waals surface area contributed by atoms with E-state index < -0.39 is 23.3 Å². The van der Waals surface area contributed by atoms with Crippen LogP contribution in [0.3, 0.4) is 0 Å². The molecule has 2 fully saturated rings. The van der Waals surface area contributed by atoms with Gasteiger partial charge in [0.1, 0.15) is 11.4 Å². The van der Waals surface area contributed by atoms with Crippen LogP contribution in [-0.4, -0.2) is 66.4 Å². The number of imide groups is 1. The van der Waals surface area contributed by atoms with Gasteiger partial charge in [0.2, 0.25) is 6.79 Å². The van der Waals surface area contributed by atoms with Crippen LogP contribution in [0.2, 0.25) is 0 Å². The second-order valence-electron chi connectivity index (χ2n) is 8.51. The van der Waals surface area contributed by atoms with Crippen LogP contribution in [-0.2, 0) is 16.5 Å². The fourth-order valence-electron chi connectivity index (χ4n) is 4.29. The minimum absolute atomic E-state index is 0.107. The van der Waals surface area contributed by atoms with Crippen molar-refractivity contribution in [3.05, 3.63) is 47.7 Å². The Morgan fingerprint density at radius 2 is 1.79 bits per heavy atom. The van der Waals surface area contributed by atoms with E-state index in [2.05, 4.69) is 10.3 Å². The van der Waals surface area contributed by atoms with Gasteiger partial charge in [-0.15, -0.1) is 0 Å². The second-order valence-corrected chi connectivity index (χ2v) is 8.51. The molecule has 2 aromatic rings. The number of benzene rings is 1. The molecule has 1 N–H and O–H groups in total. The second kappa shape index (κ2) is 8.05. The number of carbonyl (C=O) groups excluding carboxylic acids is 2. The van der Waals surface area contributed by atoms with E-state index >= 15 is 0 Å². The molecule has 34 heavy (non-hydrogen) atoms. The molecular weight excluding hydrogens is 455 g/mol. The Morgan fingerprint density at radius 1 is 1.06 bits per heavy atom. The zero-order valence-electron chi connectivity index (χ0n) is 18.3. The third kappa shape index (κ3) is 3.87. The van der Waals surface area contributed by atoms with Crippen LogP contribution in [0, 0.1) is 0 Å². The number of alkyl halides is 3. The number of hydrogen-bond donors (Lipinski definition) is 1. The molecule has 4 heterocycles. The Balaban J connectivity index is 1.22. The Kier molecular flexibility index (Phi) is 5.27. The Bertz CT molecular complexity index is 1120.